The second-order valence-corrected chi connectivity index (χ2v) is 14.9. The van der Waals surface area contributed by atoms with Crippen molar-refractivity contribution in [1.82, 2.24) is 9.55 Å². The number of nitrogens with zero attached hydrogens (tertiary/aromatic N) is 3. The summed E-state index contributed by atoms with van der Waals surface area (Å²) in [6.07, 6.45) is 0. The average molecular weight is 681 g/mol. The third kappa shape index (κ3) is 5.54. The summed E-state index contributed by atoms with van der Waals surface area (Å²) in [5.74, 6) is 2.30. The molecule has 0 spiro atoms. The van der Waals surface area contributed by atoms with Gasteiger partial charge in [0, 0.05) is 16.7 Å². The smallest absolute Gasteiger partial charge is 0.299 e. The quantitative estimate of drug-likeness (QED) is 0.157. The summed E-state index contributed by atoms with van der Waals surface area (Å²) < 4.78 is 11.8. The van der Waals surface area contributed by atoms with Gasteiger partial charge in [-0.15, -0.1) is 0 Å². The Balaban J connectivity index is 1.41. The van der Waals surface area contributed by atoms with Gasteiger partial charge in [-0.25, -0.2) is 9.55 Å². The molecule has 52 heavy (non-hydrogen) atoms. The molecule has 0 saturated heterocycles. The van der Waals surface area contributed by atoms with Crippen LogP contribution in [0.2, 0.25) is 0 Å². The summed E-state index contributed by atoms with van der Waals surface area (Å²) in [6, 6.07) is 43.7. The topological polar surface area (TPSA) is 34.8 Å². The molecule has 4 heteroatoms. The van der Waals surface area contributed by atoms with Crippen LogP contribution in [0.25, 0.3) is 72.9 Å². The monoisotopic (exact) mass is 680 g/mol. The first-order valence-corrected chi connectivity index (χ1v) is 18.4. The van der Waals surface area contributed by atoms with Crippen LogP contribution < -0.4 is 4.57 Å². The summed E-state index contributed by atoms with van der Waals surface area (Å²) in [6.45, 7) is 15.8. The van der Waals surface area contributed by atoms with E-state index in [-0.39, 0.29) is 11.8 Å². The number of oxazole rings is 1. The molecule has 0 unspecified atom stereocenters. The molecule has 6 aromatic carbocycles. The Morgan fingerprint density at radius 3 is 1.69 bits per heavy atom. The Labute approximate surface area is 307 Å². The van der Waals surface area contributed by atoms with E-state index in [1.54, 1.807) is 0 Å². The second-order valence-electron chi connectivity index (χ2n) is 14.9. The molecule has 258 valence electrons. The lowest BCUT2D eigenvalue weighted by Crippen LogP contribution is -2.30. The van der Waals surface area contributed by atoms with Gasteiger partial charge in [-0.2, -0.15) is 4.57 Å². The van der Waals surface area contributed by atoms with Crippen LogP contribution in [0.3, 0.4) is 0 Å². The summed E-state index contributed by atoms with van der Waals surface area (Å²) >= 11 is 0. The van der Waals surface area contributed by atoms with E-state index in [4.69, 9.17) is 9.40 Å². The molecule has 0 aliphatic rings. The number of rotatable bonds is 7. The van der Waals surface area contributed by atoms with Crippen molar-refractivity contribution in [2.24, 2.45) is 7.05 Å². The number of fused-ring (bicyclic) bond motifs is 2. The van der Waals surface area contributed by atoms with Crippen LogP contribution in [0.5, 0.6) is 0 Å². The number of aromatic nitrogens is 3. The Kier molecular flexibility index (Phi) is 8.42. The largest absolute Gasteiger partial charge is 0.435 e. The minimum absolute atomic E-state index is 0.286. The molecule has 8 rings (SSSR count). The molecule has 0 saturated carbocycles. The maximum absolute atomic E-state index is 6.96. The lowest BCUT2D eigenvalue weighted by molar-refractivity contribution is -0.633. The van der Waals surface area contributed by atoms with E-state index in [2.05, 4.69) is 186 Å². The highest BCUT2D eigenvalue weighted by Crippen LogP contribution is 2.43. The zero-order valence-electron chi connectivity index (χ0n) is 31.5. The van der Waals surface area contributed by atoms with Crippen molar-refractivity contribution in [1.29, 1.82) is 0 Å². The van der Waals surface area contributed by atoms with Gasteiger partial charge in [0.25, 0.3) is 5.82 Å². The van der Waals surface area contributed by atoms with Gasteiger partial charge in [0.15, 0.2) is 16.6 Å². The zero-order valence-corrected chi connectivity index (χ0v) is 31.5. The minimum Gasteiger partial charge on any atom is -0.435 e. The van der Waals surface area contributed by atoms with Crippen molar-refractivity contribution in [3.8, 4) is 50.8 Å². The summed E-state index contributed by atoms with van der Waals surface area (Å²) in [5, 5.41) is 0. The van der Waals surface area contributed by atoms with E-state index in [0.29, 0.717) is 5.89 Å². The molecule has 4 nitrogen and oxygen atoms in total. The van der Waals surface area contributed by atoms with Crippen LogP contribution in [0.4, 0.5) is 0 Å². The van der Waals surface area contributed by atoms with Crippen LogP contribution in [-0.2, 0) is 7.05 Å². The second kappa shape index (κ2) is 13.1. The Bertz CT molecular complexity index is 2550. The predicted octanol–water partition coefficient (Wildman–Crippen LogP) is 12.4. The Morgan fingerprint density at radius 1 is 0.577 bits per heavy atom. The fourth-order valence-electron chi connectivity index (χ4n) is 8.01. The Morgan fingerprint density at radius 2 is 1.12 bits per heavy atom. The summed E-state index contributed by atoms with van der Waals surface area (Å²) in [4.78, 5) is 5.17. The van der Waals surface area contributed by atoms with Gasteiger partial charge in [0.2, 0.25) is 5.89 Å². The third-order valence-corrected chi connectivity index (χ3v) is 10.6. The standard InChI is InChI=1S/C48H46N3O/c1-29(2)38-27-37(35-19-13-10-14-20-35)28-39(30(3)4)45(38)51-42-22-16-15-21-41(42)50(8)48(51)44-31(5)23-24-40-46(44)52-47(49-40)43-32(6)25-36(26-33(43)7)34-17-11-9-12-18-34/h9-30H,1-8H3/q+1. The highest BCUT2D eigenvalue weighted by molar-refractivity contribution is 5.94. The third-order valence-electron chi connectivity index (χ3n) is 10.6. The minimum atomic E-state index is 0.286. The first kappa shape index (κ1) is 33.4. The SMILES string of the molecule is Cc1cc(-c2ccccc2)cc(C)c1-c1nc2ccc(C)c(-c3n(-c4c(C(C)C)cc(-c5ccccc5)cc4C(C)C)c4ccccc4[n+]3C)c2o1. The normalized spacial score (nSPS) is 11.8. The van der Waals surface area contributed by atoms with Gasteiger partial charge in [0.1, 0.15) is 16.8 Å². The summed E-state index contributed by atoms with van der Waals surface area (Å²) in [5.41, 5.74) is 18.3. The molecule has 0 aliphatic carbocycles. The molecule has 0 amide bonds. The van der Waals surface area contributed by atoms with Gasteiger partial charge in [-0.1, -0.05) is 119 Å². The van der Waals surface area contributed by atoms with Crippen molar-refractivity contribution in [2.45, 2.75) is 60.3 Å². The maximum Gasteiger partial charge on any atom is 0.299 e. The van der Waals surface area contributed by atoms with Gasteiger partial charge in [-0.3, -0.25) is 0 Å². The molecule has 0 radical (unpaired) electrons. The van der Waals surface area contributed by atoms with Gasteiger partial charge < -0.3 is 4.42 Å². The lowest BCUT2D eigenvalue weighted by Gasteiger charge is -2.21. The van der Waals surface area contributed by atoms with E-state index in [1.807, 2.05) is 0 Å². The molecule has 8 aromatic rings. The molecular weight excluding hydrogens is 635 g/mol. The first-order chi connectivity index (χ1) is 25.1. The van der Waals surface area contributed by atoms with Crippen LogP contribution in [0.1, 0.15) is 67.3 Å². The number of hydrogen-bond acceptors (Lipinski definition) is 2. The van der Waals surface area contributed by atoms with E-state index in [1.165, 1.54) is 39.1 Å². The first-order valence-electron chi connectivity index (χ1n) is 18.4. The molecule has 0 fully saturated rings. The molecule has 0 N–H and O–H groups in total. The Hall–Kier alpha value is -5.74. The van der Waals surface area contributed by atoms with Crippen molar-refractivity contribution in [3.05, 3.63) is 149 Å². The van der Waals surface area contributed by atoms with E-state index >= 15 is 0 Å². The lowest BCUT2D eigenvalue weighted by atomic mass is 9.88. The maximum atomic E-state index is 6.96. The average Bonchev–Trinajstić information content (AvgIpc) is 3.69. The molecule has 2 heterocycles. The van der Waals surface area contributed by atoms with E-state index in [0.717, 1.165) is 55.8 Å². The van der Waals surface area contributed by atoms with Gasteiger partial charge in [-0.05, 0) is 102 Å². The van der Waals surface area contributed by atoms with Crippen molar-refractivity contribution in [3.63, 3.8) is 0 Å². The van der Waals surface area contributed by atoms with E-state index in [9.17, 15) is 0 Å². The van der Waals surface area contributed by atoms with Crippen molar-refractivity contribution in [2.75, 3.05) is 0 Å². The molecule has 0 aliphatic heterocycles. The molecular formula is C48H46N3O+. The predicted molar refractivity (Wildman–Crippen MR) is 216 cm³/mol. The highest BCUT2D eigenvalue weighted by Gasteiger charge is 2.34. The number of benzene rings is 6. The summed E-state index contributed by atoms with van der Waals surface area (Å²) in [7, 11) is 2.18. The fraction of sp³-hybridized carbons (Fsp3) is 0.208. The number of hydrogen-bond donors (Lipinski definition) is 0. The fourth-order valence-corrected chi connectivity index (χ4v) is 8.01. The van der Waals surface area contributed by atoms with Crippen LogP contribution in [0, 0.1) is 20.8 Å². The van der Waals surface area contributed by atoms with Crippen LogP contribution in [0.15, 0.2) is 126 Å². The molecule has 2 aromatic heterocycles. The van der Waals surface area contributed by atoms with Gasteiger partial charge >= 0.3 is 0 Å². The van der Waals surface area contributed by atoms with Crippen molar-refractivity contribution >= 4 is 22.1 Å². The number of imidazole rings is 1. The number of aryl methyl sites for hydroxylation is 4. The molecule has 0 atom stereocenters. The zero-order chi connectivity index (χ0) is 36.3. The highest BCUT2D eigenvalue weighted by atomic mass is 16.3. The van der Waals surface area contributed by atoms with Gasteiger partial charge in [0.05, 0.1) is 7.05 Å². The van der Waals surface area contributed by atoms with E-state index < -0.39 is 0 Å². The number of para-hydroxylation sites is 2. The van der Waals surface area contributed by atoms with Crippen LogP contribution in [-0.4, -0.2) is 9.55 Å². The van der Waals surface area contributed by atoms with Crippen LogP contribution >= 0.6 is 0 Å². The van der Waals surface area contributed by atoms with Crippen molar-refractivity contribution < 1.29 is 8.98 Å². The molecule has 0 bridgehead atoms.